The molecule has 1 aromatic carbocycles. The largest absolute Gasteiger partial charge is 0.493 e. The Morgan fingerprint density at radius 3 is 2.65 bits per heavy atom. The van der Waals surface area contributed by atoms with E-state index in [0.29, 0.717) is 6.54 Å². The van der Waals surface area contributed by atoms with E-state index >= 15 is 0 Å². The first-order chi connectivity index (χ1) is 12.6. The van der Waals surface area contributed by atoms with Crippen molar-refractivity contribution < 1.29 is 14.6 Å². The zero-order chi connectivity index (χ0) is 18.4. The summed E-state index contributed by atoms with van der Waals surface area (Å²) in [5.41, 5.74) is 1.20. The van der Waals surface area contributed by atoms with Crippen molar-refractivity contribution in [3.63, 3.8) is 0 Å². The molecule has 2 aliphatic heterocycles. The Morgan fingerprint density at radius 2 is 1.92 bits per heavy atom. The Labute approximate surface area is 157 Å². The van der Waals surface area contributed by atoms with Crippen LogP contribution < -0.4 is 4.74 Å². The highest BCUT2D eigenvalue weighted by Gasteiger charge is 2.32. The van der Waals surface area contributed by atoms with Crippen LogP contribution in [0.25, 0.3) is 0 Å². The van der Waals surface area contributed by atoms with Crippen LogP contribution in [-0.2, 0) is 11.3 Å². The number of nitrogens with zero attached hydrogens (tertiary/aromatic N) is 3. The van der Waals surface area contributed by atoms with Crippen LogP contribution in [0.2, 0.25) is 0 Å². The zero-order valence-corrected chi connectivity index (χ0v) is 16.1. The van der Waals surface area contributed by atoms with Gasteiger partial charge in [0.1, 0.15) is 5.75 Å². The Balaban J connectivity index is 1.47. The minimum atomic E-state index is -0.286. The molecule has 26 heavy (non-hydrogen) atoms. The normalized spacial score (nSPS) is 25.1. The molecule has 0 saturated carbocycles. The average Bonchev–Trinajstić information content (AvgIpc) is 3.01. The van der Waals surface area contributed by atoms with Crippen LogP contribution in [0.4, 0.5) is 0 Å². The van der Waals surface area contributed by atoms with Gasteiger partial charge in [0.15, 0.2) is 0 Å². The fourth-order valence-electron chi connectivity index (χ4n) is 3.79. The lowest BCUT2D eigenvalue weighted by molar-refractivity contribution is 0.0357. The maximum atomic E-state index is 10.2. The summed E-state index contributed by atoms with van der Waals surface area (Å²) in [6.07, 6.45) is 0.742. The van der Waals surface area contributed by atoms with Crippen molar-refractivity contribution in [1.29, 1.82) is 0 Å². The van der Waals surface area contributed by atoms with Crippen molar-refractivity contribution >= 4 is 0 Å². The van der Waals surface area contributed by atoms with Gasteiger partial charge in [-0.25, -0.2) is 0 Å². The van der Waals surface area contributed by atoms with E-state index in [1.54, 1.807) is 0 Å². The molecule has 0 unspecified atom stereocenters. The van der Waals surface area contributed by atoms with Crippen LogP contribution in [0, 0.1) is 0 Å². The van der Waals surface area contributed by atoms with Crippen LogP contribution in [0.1, 0.15) is 12.0 Å². The van der Waals surface area contributed by atoms with Crippen molar-refractivity contribution in [1.82, 2.24) is 14.7 Å². The minimum Gasteiger partial charge on any atom is -0.493 e. The third-order valence-electron chi connectivity index (χ3n) is 5.34. The number of para-hydroxylation sites is 1. The molecule has 6 heteroatoms. The molecule has 6 nitrogen and oxygen atoms in total. The van der Waals surface area contributed by atoms with E-state index in [2.05, 4.69) is 32.9 Å². The molecule has 1 N–H and O–H groups in total. The number of aliphatic hydroxyl groups excluding tert-OH is 1. The molecule has 0 spiro atoms. The van der Waals surface area contributed by atoms with E-state index in [4.69, 9.17) is 9.47 Å². The number of morpholine rings is 1. The van der Waals surface area contributed by atoms with Gasteiger partial charge in [0.2, 0.25) is 0 Å². The van der Waals surface area contributed by atoms with Crippen LogP contribution in [-0.4, -0.2) is 98.6 Å². The van der Waals surface area contributed by atoms with E-state index < -0.39 is 0 Å². The number of rotatable bonds is 8. The van der Waals surface area contributed by atoms with Gasteiger partial charge < -0.3 is 19.5 Å². The third-order valence-corrected chi connectivity index (χ3v) is 5.34. The number of likely N-dealkylation sites (N-methyl/N-ethyl adjacent to an activating group) is 1. The first kappa shape index (κ1) is 19.6. The van der Waals surface area contributed by atoms with E-state index in [1.807, 2.05) is 20.2 Å². The maximum absolute atomic E-state index is 10.2. The number of benzene rings is 1. The van der Waals surface area contributed by atoms with Crippen molar-refractivity contribution in [2.24, 2.45) is 0 Å². The summed E-state index contributed by atoms with van der Waals surface area (Å²) in [6.45, 7) is 7.97. The van der Waals surface area contributed by atoms with Crippen LogP contribution >= 0.6 is 0 Å². The molecular weight excluding hydrogens is 330 g/mol. The molecule has 0 aliphatic carbocycles. The van der Waals surface area contributed by atoms with Gasteiger partial charge in [-0.1, -0.05) is 18.2 Å². The van der Waals surface area contributed by atoms with Gasteiger partial charge >= 0.3 is 0 Å². The SMILES string of the molecule is CN(C)[C@@H]1CN(Cc2ccccc2OCCCN2CCOCC2)C[C@H]1O. The molecule has 0 amide bonds. The molecule has 2 fully saturated rings. The topological polar surface area (TPSA) is 48.4 Å². The average molecular weight is 364 g/mol. The number of aliphatic hydroxyl groups is 1. The highest BCUT2D eigenvalue weighted by Crippen LogP contribution is 2.23. The second-order valence-electron chi connectivity index (χ2n) is 7.56. The second kappa shape index (κ2) is 9.67. The number of likely N-dealkylation sites (tertiary alicyclic amines) is 1. The molecule has 1 aromatic rings. The summed E-state index contributed by atoms with van der Waals surface area (Å²) in [6, 6.07) is 8.48. The van der Waals surface area contributed by atoms with E-state index in [0.717, 1.165) is 64.7 Å². The van der Waals surface area contributed by atoms with Gasteiger partial charge in [-0.2, -0.15) is 0 Å². The summed E-state index contributed by atoms with van der Waals surface area (Å²) in [5.74, 6) is 0.970. The Hall–Kier alpha value is -1.18. The van der Waals surface area contributed by atoms with E-state index in [1.165, 1.54) is 5.56 Å². The zero-order valence-electron chi connectivity index (χ0n) is 16.1. The fourth-order valence-corrected chi connectivity index (χ4v) is 3.79. The number of hydrogen-bond donors (Lipinski definition) is 1. The summed E-state index contributed by atoms with van der Waals surface area (Å²) in [7, 11) is 4.06. The smallest absolute Gasteiger partial charge is 0.123 e. The highest BCUT2D eigenvalue weighted by molar-refractivity contribution is 5.33. The van der Waals surface area contributed by atoms with E-state index in [-0.39, 0.29) is 12.1 Å². The van der Waals surface area contributed by atoms with Gasteiger partial charge in [-0.05, 0) is 26.6 Å². The fraction of sp³-hybridized carbons (Fsp3) is 0.700. The van der Waals surface area contributed by atoms with Gasteiger partial charge in [0.05, 0.1) is 25.9 Å². The van der Waals surface area contributed by atoms with Crippen LogP contribution in [0.5, 0.6) is 5.75 Å². The number of ether oxygens (including phenoxy) is 2. The third kappa shape index (κ3) is 5.41. The van der Waals surface area contributed by atoms with Crippen molar-refractivity contribution in [3.8, 4) is 5.75 Å². The summed E-state index contributed by atoms with van der Waals surface area (Å²) in [4.78, 5) is 6.86. The molecule has 146 valence electrons. The summed E-state index contributed by atoms with van der Waals surface area (Å²) in [5, 5.41) is 10.2. The van der Waals surface area contributed by atoms with Gasteiger partial charge in [0, 0.05) is 50.9 Å². The molecule has 0 bridgehead atoms. The predicted octanol–water partition coefficient (Wildman–Crippen LogP) is 0.894. The molecule has 2 heterocycles. The highest BCUT2D eigenvalue weighted by atomic mass is 16.5. The van der Waals surface area contributed by atoms with Crippen molar-refractivity contribution in [2.75, 3.05) is 66.6 Å². The van der Waals surface area contributed by atoms with Crippen molar-refractivity contribution in [2.45, 2.75) is 25.1 Å². The van der Waals surface area contributed by atoms with Gasteiger partial charge in [0.25, 0.3) is 0 Å². The number of hydrogen-bond acceptors (Lipinski definition) is 6. The molecular formula is C20H33N3O3. The first-order valence-electron chi connectivity index (χ1n) is 9.71. The maximum Gasteiger partial charge on any atom is 0.123 e. The minimum absolute atomic E-state index is 0.205. The molecule has 2 saturated heterocycles. The van der Waals surface area contributed by atoms with Crippen molar-refractivity contribution in [3.05, 3.63) is 29.8 Å². The summed E-state index contributed by atoms with van der Waals surface area (Å²) >= 11 is 0. The standard InChI is InChI=1S/C20H33N3O3/c1-21(2)18-15-23(16-19(18)24)14-17-6-3-4-7-20(17)26-11-5-8-22-9-12-25-13-10-22/h3-4,6-7,18-19,24H,5,8-16H2,1-2H3/t18-,19-/m1/s1. The lowest BCUT2D eigenvalue weighted by Gasteiger charge is -2.26. The van der Waals surface area contributed by atoms with Crippen LogP contribution in [0.15, 0.2) is 24.3 Å². The first-order valence-corrected chi connectivity index (χ1v) is 9.71. The van der Waals surface area contributed by atoms with Crippen LogP contribution in [0.3, 0.4) is 0 Å². The molecule has 3 rings (SSSR count). The molecule has 2 atom stereocenters. The Kier molecular flexibility index (Phi) is 7.28. The molecule has 0 radical (unpaired) electrons. The monoisotopic (exact) mass is 363 g/mol. The lowest BCUT2D eigenvalue weighted by Crippen LogP contribution is -2.37. The lowest BCUT2D eigenvalue weighted by atomic mass is 10.2. The Morgan fingerprint density at radius 1 is 1.15 bits per heavy atom. The summed E-state index contributed by atoms with van der Waals surface area (Å²) < 4.78 is 11.5. The van der Waals surface area contributed by atoms with Gasteiger partial charge in [-0.15, -0.1) is 0 Å². The predicted molar refractivity (Wildman–Crippen MR) is 103 cm³/mol. The van der Waals surface area contributed by atoms with Gasteiger partial charge in [-0.3, -0.25) is 9.80 Å². The van der Waals surface area contributed by atoms with E-state index in [9.17, 15) is 5.11 Å². The number of β-amino-alcohol motifs (C(OH)–C–C–N with tert-alkyl or cyclic N) is 1. The molecule has 0 aromatic heterocycles. The molecule has 2 aliphatic rings. The second-order valence-corrected chi connectivity index (χ2v) is 7.56. The Bertz CT molecular complexity index is 549. The quantitative estimate of drug-likeness (QED) is 0.693.